The maximum absolute atomic E-state index is 10.2. The van der Waals surface area contributed by atoms with Crippen molar-refractivity contribution in [1.29, 1.82) is 0 Å². The molecular formula is C5H12O6S. The molecule has 7 heteroatoms. The van der Waals surface area contributed by atoms with Gasteiger partial charge in [0, 0.05) is 13.0 Å². The molecule has 0 heterocycles. The number of aliphatic hydroxyl groups excluding tert-OH is 2. The summed E-state index contributed by atoms with van der Waals surface area (Å²) in [6, 6.07) is 0. The highest BCUT2D eigenvalue weighted by atomic mass is 32.3. The lowest BCUT2D eigenvalue weighted by Crippen LogP contribution is -2.29. The van der Waals surface area contributed by atoms with Crippen LogP contribution in [0.3, 0.4) is 0 Å². The van der Waals surface area contributed by atoms with Gasteiger partial charge in [-0.15, -0.1) is 0 Å². The van der Waals surface area contributed by atoms with Gasteiger partial charge < -0.3 is 10.2 Å². The third-order valence-electron chi connectivity index (χ3n) is 1.20. The molecule has 12 heavy (non-hydrogen) atoms. The molecule has 0 saturated heterocycles. The quantitative estimate of drug-likeness (QED) is 0.488. The molecule has 0 aliphatic carbocycles. The molecule has 0 aromatic heterocycles. The van der Waals surface area contributed by atoms with Crippen molar-refractivity contribution >= 4 is 10.4 Å². The summed E-state index contributed by atoms with van der Waals surface area (Å²) in [5, 5.41) is 17.3. The second-order valence-electron chi connectivity index (χ2n) is 2.32. The van der Waals surface area contributed by atoms with Gasteiger partial charge in [0.15, 0.2) is 0 Å². The van der Waals surface area contributed by atoms with Gasteiger partial charge in [0.25, 0.3) is 0 Å². The molecule has 0 aromatic carbocycles. The van der Waals surface area contributed by atoms with Crippen molar-refractivity contribution < 1.29 is 27.4 Å². The number of aliphatic hydroxyl groups is 2. The van der Waals surface area contributed by atoms with Crippen LogP contribution in [-0.2, 0) is 14.6 Å². The maximum atomic E-state index is 10.2. The first kappa shape index (κ1) is 11.8. The van der Waals surface area contributed by atoms with Crippen LogP contribution in [0.1, 0.15) is 13.3 Å². The summed E-state index contributed by atoms with van der Waals surface area (Å²) in [6.45, 7) is 0.969. The third-order valence-corrected chi connectivity index (χ3v) is 1.69. The van der Waals surface area contributed by atoms with Gasteiger partial charge in [-0.2, -0.15) is 8.42 Å². The van der Waals surface area contributed by atoms with Crippen LogP contribution in [0, 0.1) is 0 Å². The summed E-state index contributed by atoms with van der Waals surface area (Å²) >= 11 is 0. The van der Waals surface area contributed by atoms with Gasteiger partial charge >= 0.3 is 10.4 Å². The van der Waals surface area contributed by atoms with Crippen LogP contribution in [0.15, 0.2) is 0 Å². The lowest BCUT2D eigenvalue weighted by atomic mass is 10.2. The molecule has 0 rings (SSSR count). The monoisotopic (exact) mass is 200 g/mol. The first-order chi connectivity index (χ1) is 5.37. The SMILES string of the molecule is CC(O)C(CCO)OS(=O)(=O)O. The largest absolute Gasteiger partial charge is 0.397 e. The third kappa shape index (κ3) is 5.44. The van der Waals surface area contributed by atoms with Crippen molar-refractivity contribution in [1.82, 2.24) is 0 Å². The molecule has 0 saturated carbocycles. The van der Waals surface area contributed by atoms with Crippen molar-refractivity contribution in [2.45, 2.75) is 25.6 Å². The number of hydrogen-bond donors (Lipinski definition) is 3. The number of rotatable bonds is 5. The Kier molecular flexibility index (Phi) is 4.64. The van der Waals surface area contributed by atoms with Crippen LogP contribution in [0.5, 0.6) is 0 Å². The average Bonchev–Trinajstić information content (AvgIpc) is 1.83. The smallest absolute Gasteiger partial charge is 0.396 e. The van der Waals surface area contributed by atoms with E-state index in [1.807, 2.05) is 0 Å². The molecule has 2 atom stereocenters. The summed E-state index contributed by atoms with van der Waals surface area (Å²) in [5.41, 5.74) is 0. The maximum Gasteiger partial charge on any atom is 0.397 e. The predicted molar refractivity (Wildman–Crippen MR) is 39.8 cm³/mol. The van der Waals surface area contributed by atoms with Gasteiger partial charge in [-0.3, -0.25) is 4.55 Å². The van der Waals surface area contributed by atoms with E-state index in [2.05, 4.69) is 4.18 Å². The van der Waals surface area contributed by atoms with Crippen LogP contribution >= 0.6 is 0 Å². The normalized spacial score (nSPS) is 17.3. The van der Waals surface area contributed by atoms with Gasteiger partial charge in [-0.1, -0.05) is 0 Å². The molecule has 3 N–H and O–H groups in total. The van der Waals surface area contributed by atoms with Crippen molar-refractivity contribution in [3.63, 3.8) is 0 Å². The molecule has 6 nitrogen and oxygen atoms in total. The van der Waals surface area contributed by atoms with Gasteiger partial charge in [-0.25, -0.2) is 4.18 Å². The summed E-state index contributed by atoms with van der Waals surface area (Å²) < 4.78 is 32.6. The Balaban J connectivity index is 4.14. The second kappa shape index (κ2) is 4.73. The minimum absolute atomic E-state index is 0.0581. The van der Waals surface area contributed by atoms with Crippen molar-refractivity contribution in [2.75, 3.05) is 6.61 Å². The zero-order chi connectivity index (χ0) is 9.78. The molecule has 0 fully saturated rings. The standard InChI is InChI=1S/C5H12O6S/c1-4(7)5(2-3-6)11-12(8,9)10/h4-7H,2-3H2,1H3,(H,8,9,10). The zero-order valence-corrected chi connectivity index (χ0v) is 7.36. The van der Waals surface area contributed by atoms with Gasteiger partial charge in [-0.05, 0) is 6.92 Å². The number of hydrogen-bond acceptors (Lipinski definition) is 5. The summed E-state index contributed by atoms with van der Waals surface area (Å²) in [4.78, 5) is 0. The van der Waals surface area contributed by atoms with E-state index < -0.39 is 22.6 Å². The molecular weight excluding hydrogens is 188 g/mol. The van der Waals surface area contributed by atoms with Crippen molar-refractivity contribution in [3.05, 3.63) is 0 Å². The average molecular weight is 200 g/mol. The summed E-state index contributed by atoms with van der Waals surface area (Å²) in [5.74, 6) is 0. The summed E-state index contributed by atoms with van der Waals surface area (Å²) in [6.07, 6.45) is -2.23. The second-order valence-corrected chi connectivity index (χ2v) is 3.36. The van der Waals surface area contributed by atoms with E-state index in [1.165, 1.54) is 6.92 Å². The first-order valence-corrected chi connectivity index (χ1v) is 4.68. The highest BCUT2D eigenvalue weighted by Crippen LogP contribution is 2.06. The summed E-state index contributed by atoms with van der Waals surface area (Å²) in [7, 11) is -4.56. The van der Waals surface area contributed by atoms with E-state index in [0.29, 0.717) is 0 Å². The van der Waals surface area contributed by atoms with E-state index in [9.17, 15) is 8.42 Å². The minimum atomic E-state index is -4.56. The topological polar surface area (TPSA) is 104 Å². The lowest BCUT2D eigenvalue weighted by Gasteiger charge is -2.16. The van der Waals surface area contributed by atoms with Gasteiger partial charge in [0.1, 0.15) is 6.10 Å². The van der Waals surface area contributed by atoms with Crippen molar-refractivity contribution in [3.8, 4) is 0 Å². The molecule has 0 radical (unpaired) electrons. The Morgan fingerprint density at radius 1 is 1.50 bits per heavy atom. The van der Waals surface area contributed by atoms with Crippen LogP contribution in [-0.4, -0.2) is 42.0 Å². The molecule has 0 aliphatic rings. The Morgan fingerprint density at radius 2 is 2.00 bits per heavy atom. The highest BCUT2D eigenvalue weighted by molar-refractivity contribution is 7.80. The Morgan fingerprint density at radius 3 is 2.25 bits per heavy atom. The molecule has 0 aliphatic heterocycles. The fraction of sp³-hybridized carbons (Fsp3) is 1.00. The molecule has 0 spiro atoms. The highest BCUT2D eigenvalue weighted by Gasteiger charge is 2.21. The molecule has 0 amide bonds. The van der Waals surface area contributed by atoms with Crippen molar-refractivity contribution in [2.24, 2.45) is 0 Å². The van der Waals surface area contributed by atoms with E-state index >= 15 is 0 Å². The molecule has 0 aromatic rings. The van der Waals surface area contributed by atoms with Crippen LogP contribution in [0.4, 0.5) is 0 Å². The zero-order valence-electron chi connectivity index (χ0n) is 6.54. The van der Waals surface area contributed by atoms with Crippen LogP contribution in [0.25, 0.3) is 0 Å². The fourth-order valence-corrected chi connectivity index (χ4v) is 1.22. The van der Waals surface area contributed by atoms with E-state index in [-0.39, 0.29) is 13.0 Å². The van der Waals surface area contributed by atoms with Gasteiger partial charge in [0.2, 0.25) is 0 Å². The Bertz CT molecular complexity index is 208. The van der Waals surface area contributed by atoms with Crippen LogP contribution < -0.4 is 0 Å². The van der Waals surface area contributed by atoms with Crippen LogP contribution in [0.2, 0.25) is 0 Å². The predicted octanol–water partition coefficient (Wildman–Crippen LogP) is -1.06. The van der Waals surface area contributed by atoms with E-state index in [4.69, 9.17) is 14.8 Å². The van der Waals surface area contributed by atoms with Gasteiger partial charge in [0.05, 0.1) is 6.10 Å². The minimum Gasteiger partial charge on any atom is -0.396 e. The Labute approximate surface area is 70.7 Å². The molecule has 74 valence electrons. The fourth-order valence-electron chi connectivity index (χ4n) is 0.653. The molecule has 0 bridgehead atoms. The first-order valence-electron chi connectivity index (χ1n) is 3.31. The lowest BCUT2D eigenvalue weighted by molar-refractivity contribution is 0.0296. The Hall–Kier alpha value is -0.210. The van der Waals surface area contributed by atoms with E-state index in [0.717, 1.165) is 0 Å². The van der Waals surface area contributed by atoms with E-state index in [1.54, 1.807) is 0 Å². The molecule has 2 unspecified atom stereocenters.